The van der Waals surface area contributed by atoms with E-state index >= 15 is 0 Å². The quantitative estimate of drug-likeness (QED) is 0.148. The lowest BCUT2D eigenvalue weighted by molar-refractivity contribution is -0.142. The molecule has 0 spiro atoms. The number of aromatic nitrogens is 3. The minimum Gasteiger partial charge on any atom is -0.345 e. The highest BCUT2D eigenvalue weighted by molar-refractivity contribution is 5.98. The summed E-state index contributed by atoms with van der Waals surface area (Å²) in [5.41, 5.74) is -0.132. The number of nitrogens with one attached hydrogen (secondary N) is 1. The van der Waals surface area contributed by atoms with Crippen LogP contribution in [0.1, 0.15) is 67.1 Å². The van der Waals surface area contributed by atoms with Gasteiger partial charge in [0, 0.05) is 29.9 Å². The van der Waals surface area contributed by atoms with Crippen molar-refractivity contribution in [3.8, 4) is 11.1 Å². The summed E-state index contributed by atoms with van der Waals surface area (Å²) in [5.74, 6) is -4.56. The number of alkyl halides is 3. The van der Waals surface area contributed by atoms with Gasteiger partial charge in [-0.15, -0.1) is 0 Å². The molecule has 1 unspecified atom stereocenters. The van der Waals surface area contributed by atoms with E-state index in [0.29, 0.717) is 17.2 Å². The lowest BCUT2D eigenvalue weighted by atomic mass is 9.92. The van der Waals surface area contributed by atoms with E-state index < -0.39 is 64.9 Å². The smallest absolute Gasteiger partial charge is 0.345 e. The molecule has 4 rings (SSSR count). The Labute approximate surface area is 250 Å². The Kier molecular flexibility index (Phi) is 9.60. The molecule has 2 heterocycles. The van der Waals surface area contributed by atoms with Crippen LogP contribution in [0.4, 0.5) is 26.3 Å². The zero-order chi connectivity index (χ0) is 32.3. The van der Waals surface area contributed by atoms with Gasteiger partial charge in [-0.25, -0.2) is 13.2 Å². The molecule has 0 aliphatic carbocycles. The monoisotopic (exact) mass is 616 g/mol. The lowest BCUT2D eigenvalue weighted by Gasteiger charge is -2.26. The van der Waals surface area contributed by atoms with Crippen LogP contribution in [0.3, 0.4) is 0 Å². The Bertz CT molecular complexity index is 1640. The maximum atomic E-state index is 14.6. The van der Waals surface area contributed by atoms with Crippen LogP contribution in [0, 0.1) is 29.3 Å². The molecule has 0 bridgehead atoms. The molecule has 0 aliphatic heterocycles. The van der Waals surface area contributed by atoms with E-state index in [1.54, 1.807) is 39.8 Å². The van der Waals surface area contributed by atoms with Gasteiger partial charge in [0.1, 0.15) is 23.5 Å². The van der Waals surface area contributed by atoms with Crippen LogP contribution in [0.15, 0.2) is 67.0 Å². The average molecular weight is 617 g/mol. The van der Waals surface area contributed by atoms with Gasteiger partial charge in [0.2, 0.25) is 5.91 Å². The summed E-state index contributed by atoms with van der Waals surface area (Å²) in [6.45, 7) is 6.54. The van der Waals surface area contributed by atoms with Crippen molar-refractivity contribution in [3.05, 3.63) is 107 Å². The van der Waals surface area contributed by atoms with E-state index in [1.165, 1.54) is 18.3 Å². The van der Waals surface area contributed by atoms with Crippen LogP contribution in [-0.2, 0) is 17.4 Å². The minimum atomic E-state index is -4.72. The van der Waals surface area contributed by atoms with E-state index in [2.05, 4.69) is 15.4 Å². The minimum absolute atomic E-state index is 0.140. The van der Waals surface area contributed by atoms with Gasteiger partial charge in [0.15, 0.2) is 11.5 Å². The molecule has 2 aromatic heterocycles. The molecule has 2 atom stereocenters. The molecule has 44 heavy (non-hydrogen) atoms. The van der Waals surface area contributed by atoms with Crippen LogP contribution < -0.4 is 5.32 Å². The molecule has 0 fully saturated rings. The predicted octanol–water partition coefficient (Wildman–Crippen LogP) is 7.52. The molecule has 4 aromatic rings. The molecule has 6 nitrogen and oxygen atoms in total. The van der Waals surface area contributed by atoms with Crippen molar-refractivity contribution in [3.63, 3.8) is 0 Å². The number of Topliss-reactive ketones (excluding diaryl/α,β-unsaturated/α-hetero) is 1. The number of amides is 1. The largest absolute Gasteiger partial charge is 0.435 e. The SMILES string of the molecule is CC(C)C(=O)c1cc(-c2cccnc2[C@H](Cc2cc(F)cc(F)c2)NC(=O)C(C(C)C)n2ccc(C(F)(F)F)n2)ccc1F. The summed E-state index contributed by atoms with van der Waals surface area (Å²) in [5, 5.41) is 6.37. The highest BCUT2D eigenvalue weighted by atomic mass is 19.4. The second-order valence-electron chi connectivity index (χ2n) is 11.1. The Morgan fingerprint density at radius 1 is 0.932 bits per heavy atom. The number of carbonyl (C=O) groups is 2. The average Bonchev–Trinajstić information content (AvgIpc) is 3.42. The number of hydrogen-bond acceptors (Lipinski definition) is 4. The summed E-state index contributed by atoms with van der Waals surface area (Å²) in [6.07, 6.45) is -2.40. The molecule has 1 amide bonds. The topological polar surface area (TPSA) is 76.9 Å². The van der Waals surface area contributed by atoms with Crippen molar-refractivity contribution < 1.29 is 35.9 Å². The first-order valence-corrected chi connectivity index (χ1v) is 13.8. The van der Waals surface area contributed by atoms with Gasteiger partial charge in [-0.3, -0.25) is 19.3 Å². The highest BCUT2D eigenvalue weighted by Gasteiger charge is 2.36. The molecular weight excluding hydrogens is 586 g/mol. The van der Waals surface area contributed by atoms with E-state index in [-0.39, 0.29) is 23.2 Å². The van der Waals surface area contributed by atoms with E-state index in [4.69, 9.17) is 0 Å². The molecule has 0 saturated heterocycles. The summed E-state index contributed by atoms with van der Waals surface area (Å²) in [4.78, 5) is 30.9. The third-order valence-corrected chi connectivity index (χ3v) is 7.00. The molecule has 1 N–H and O–H groups in total. The zero-order valence-electron chi connectivity index (χ0n) is 24.3. The zero-order valence-corrected chi connectivity index (χ0v) is 24.3. The number of ketones is 1. The lowest BCUT2D eigenvalue weighted by Crippen LogP contribution is -2.39. The third kappa shape index (κ3) is 7.35. The van der Waals surface area contributed by atoms with E-state index in [1.807, 2.05) is 0 Å². The van der Waals surface area contributed by atoms with E-state index in [9.17, 15) is 35.9 Å². The first-order chi connectivity index (χ1) is 20.6. The van der Waals surface area contributed by atoms with Crippen LogP contribution in [-0.4, -0.2) is 26.5 Å². The second-order valence-corrected chi connectivity index (χ2v) is 11.1. The van der Waals surface area contributed by atoms with Crippen LogP contribution in [0.5, 0.6) is 0 Å². The first-order valence-electron chi connectivity index (χ1n) is 13.8. The van der Waals surface area contributed by atoms with Crippen molar-refractivity contribution in [2.45, 2.75) is 52.4 Å². The van der Waals surface area contributed by atoms with E-state index in [0.717, 1.165) is 35.1 Å². The fourth-order valence-electron chi connectivity index (χ4n) is 4.94. The maximum absolute atomic E-state index is 14.6. The maximum Gasteiger partial charge on any atom is 0.435 e. The number of carbonyl (C=O) groups excluding carboxylic acids is 2. The van der Waals surface area contributed by atoms with Crippen molar-refractivity contribution in [1.82, 2.24) is 20.1 Å². The van der Waals surface area contributed by atoms with Gasteiger partial charge in [0.05, 0.1) is 17.3 Å². The summed E-state index contributed by atoms with van der Waals surface area (Å²) in [7, 11) is 0. The number of hydrogen-bond donors (Lipinski definition) is 1. The van der Waals surface area contributed by atoms with Gasteiger partial charge in [-0.2, -0.15) is 18.3 Å². The van der Waals surface area contributed by atoms with Gasteiger partial charge < -0.3 is 5.32 Å². The van der Waals surface area contributed by atoms with Gasteiger partial charge in [-0.05, 0) is 59.9 Å². The van der Waals surface area contributed by atoms with Crippen LogP contribution in [0.25, 0.3) is 11.1 Å². The Morgan fingerprint density at radius 3 is 2.20 bits per heavy atom. The molecule has 12 heteroatoms. The Hall–Kier alpha value is -4.48. The van der Waals surface area contributed by atoms with Crippen molar-refractivity contribution in [1.29, 1.82) is 0 Å². The normalized spacial score (nSPS) is 13.3. The van der Waals surface area contributed by atoms with Crippen molar-refractivity contribution in [2.24, 2.45) is 11.8 Å². The van der Waals surface area contributed by atoms with Crippen molar-refractivity contribution >= 4 is 11.7 Å². The molecule has 232 valence electrons. The van der Waals surface area contributed by atoms with Gasteiger partial charge in [0.25, 0.3) is 0 Å². The fourth-order valence-corrected chi connectivity index (χ4v) is 4.94. The van der Waals surface area contributed by atoms with Crippen molar-refractivity contribution in [2.75, 3.05) is 0 Å². The molecular formula is C32H30F6N4O2. The highest BCUT2D eigenvalue weighted by Crippen LogP contribution is 2.33. The summed E-state index contributed by atoms with van der Waals surface area (Å²) in [6, 6.07) is 8.56. The first kappa shape index (κ1) is 32.4. The Balaban J connectivity index is 1.80. The molecule has 0 aliphatic rings. The summed E-state index contributed by atoms with van der Waals surface area (Å²) >= 11 is 0. The van der Waals surface area contributed by atoms with Crippen LogP contribution >= 0.6 is 0 Å². The second kappa shape index (κ2) is 13.0. The fraction of sp³-hybridized carbons (Fsp3) is 0.312. The third-order valence-electron chi connectivity index (χ3n) is 7.00. The Morgan fingerprint density at radius 2 is 1.61 bits per heavy atom. The number of nitrogens with zero attached hydrogens (tertiary/aromatic N) is 3. The molecule has 2 aromatic carbocycles. The number of benzene rings is 2. The number of halogens is 6. The van der Waals surface area contributed by atoms with Gasteiger partial charge in [-0.1, -0.05) is 39.8 Å². The standard InChI is InChI=1S/C32H30F6N4O2/c1-17(2)29(42-11-9-27(41-42)32(36,37)38)31(44)40-26(14-19-12-21(33)16-22(34)13-19)28-23(6-5-10-39-28)20-7-8-25(35)24(15-20)30(43)18(3)4/h5-13,15-18,26,29H,14H2,1-4H3,(H,40,44)/t26-,29?/m0/s1. The molecule has 0 radical (unpaired) electrons. The van der Waals surface area contributed by atoms with Crippen LogP contribution in [0.2, 0.25) is 0 Å². The number of pyridine rings is 1. The predicted molar refractivity (Wildman–Crippen MR) is 151 cm³/mol. The van der Waals surface area contributed by atoms with Gasteiger partial charge >= 0.3 is 6.18 Å². The number of rotatable bonds is 10. The molecule has 0 saturated carbocycles. The summed E-state index contributed by atoms with van der Waals surface area (Å²) < 4.78 is 83.7.